The van der Waals surface area contributed by atoms with Gasteiger partial charge in [-0.25, -0.2) is 0 Å². The summed E-state index contributed by atoms with van der Waals surface area (Å²) in [5, 5.41) is 33.9. The van der Waals surface area contributed by atoms with E-state index in [0.717, 1.165) is 37.0 Å². The summed E-state index contributed by atoms with van der Waals surface area (Å²) < 4.78 is 11.9. The first kappa shape index (κ1) is 27.5. The van der Waals surface area contributed by atoms with Gasteiger partial charge in [0.2, 0.25) is 11.8 Å². The van der Waals surface area contributed by atoms with Gasteiger partial charge in [-0.1, -0.05) is 6.92 Å². The normalized spacial score (nSPS) is 34.9. The number of rotatable bonds is 9. The lowest BCUT2D eigenvalue weighted by Gasteiger charge is -2.58. The number of carbonyl (C=O) groups excluding carboxylic acids is 2. The van der Waals surface area contributed by atoms with Crippen molar-refractivity contribution in [2.24, 2.45) is 23.2 Å². The number of ether oxygens (including phenoxy) is 2. The minimum absolute atomic E-state index is 0.0414. The highest BCUT2D eigenvalue weighted by molar-refractivity contribution is 5.96. The zero-order chi connectivity index (χ0) is 28.2. The molecule has 9 heteroatoms. The fourth-order valence-electron chi connectivity index (χ4n) is 9.03. The molecule has 4 fully saturated rings. The molecule has 4 atom stereocenters. The van der Waals surface area contributed by atoms with Crippen molar-refractivity contribution in [3.8, 4) is 11.5 Å². The van der Waals surface area contributed by atoms with Crippen LogP contribution in [0.1, 0.15) is 68.9 Å². The van der Waals surface area contributed by atoms with Gasteiger partial charge in [-0.05, 0) is 85.5 Å². The molecule has 0 aromatic heterocycles. The Kier molecular flexibility index (Phi) is 7.34. The number of benzene rings is 1. The standard InChI is InChI=1S/C31H42N2O7/c1-3-25(36)33(16-31-12-17-6-18(13-31)8-19(7-17)14-31)23-11-22(30(38)32-4-5-34)26-21-9-20(15-35)10-24(39-2)28(21)40-29(26)27(23)37/h9-11,17-19,23,26-27,29,34-35,37H,3-8,12-16H2,1-2H3,(H,32,38)/t17?,18?,19?,23-,26+,27+,29+,31?/m1/s1. The van der Waals surface area contributed by atoms with Crippen LogP contribution in [0.3, 0.4) is 0 Å². The molecule has 0 saturated heterocycles. The van der Waals surface area contributed by atoms with Crippen LogP contribution in [-0.2, 0) is 16.2 Å². The molecule has 0 spiro atoms. The monoisotopic (exact) mass is 554 g/mol. The van der Waals surface area contributed by atoms with E-state index < -0.39 is 24.2 Å². The van der Waals surface area contributed by atoms with Crippen LogP contribution < -0.4 is 14.8 Å². The SMILES string of the molecule is CCC(=O)N(CC12CC3CC(CC(C3)C1)C2)[C@@H]1C=C(C(=O)NCCO)[C@@H]2c3cc(CO)cc(OC)c3O[C@@H]2[C@H]1O. The zero-order valence-corrected chi connectivity index (χ0v) is 23.5. The maximum absolute atomic E-state index is 13.6. The highest BCUT2D eigenvalue weighted by Gasteiger charge is 2.55. The van der Waals surface area contributed by atoms with Crippen molar-refractivity contribution in [1.29, 1.82) is 0 Å². The highest BCUT2D eigenvalue weighted by Crippen LogP contribution is 2.60. The summed E-state index contributed by atoms with van der Waals surface area (Å²) in [5.74, 6) is 2.00. The largest absolute Gasteiger partial charge is 0.493 e. The van der Waals surface area contributed by atoms with Crippen LogP contribution in [0.25, 0.3) is 0 Å². The van der Waals surface area contributed by atoms with E-state index in [1.807, 2.05) is 11.8 Å². The van der Waals surface area contributed by atoms with Gasteiger partial charge >= 0.3 is 0 Å². The van der Waals surface area contributed by atoms with Gasteiger partial charge in [0.05, 0.1) is 32.3 Å². The number of methoxy groups -OCH3 is 1. The summed E-state index contributed by atoms with van der Waals surface area (Å²) in [6.45, 7) is 2.08. The zero-order valence-electron chi connectivity index (χ0n) is 23.5. The number of hydrogen-bond acceptors (Lipinski definition) is 7. The van der Waals surface area contributed by atoms with Crippen molar-refractivity contribution in [3.63, 3.8) is 0 Å². The Bertz CT molecular complexity index is 1160. The molecular formula is C31H42N2O7. The molecule has 1 aliphatic heterocycles. The van der Waals surface area contributed by atoms with E-state index in [2.05, 4.69) is 5.32 Å². The third-order valence-electron chi connectivity index (χ3n) is 10.1. The van der Waals surface area contributed by atoms with Gasteiger partial charge in [0.25, 0.3) is 0 Å². The molecule has 1 heterocycles. The summed E-state index contributed by atoms with van der Waals surface area (Å²) in [6.07, 6.45) is 7.45. The van der Waals surface area contributed by atoms with Crippen molar-refractivity contribution in [1.82, 2.24) is 10.2 Å². The number of nitrogens with one attached hydrogen (secondary N) is 1. The molecule has 4 N–H and O–H groups in total. The topological polar surface area (TPSA) is 129 Å². The molecule has 4 saturated carbocycles. The maximum atomic E-state index is 13.6. The quantitative estimate of drug-likeness (QED) is 0.369. The number of amides is 2. The number of aliphatic hydroxyl groups is 3. The highest BCUT2D eigenvalue weighted by atomic mass is 16.5. The Balaban J connectivity index is 1.40. The molecule has 40 heavy (non-hydrogen) atoms. The molecule has 1 aromatic carbocycles. The minimum atomic E-state index is -1.07. The van der Waals surface area contributed by atoms with Gasteiger partial charge in [-0.2, -0.15) is 0 Å². The molecule has 0 unspecified atom stereocenters. The third kappa shape index (κ3) is 4.60. The Morgan fingerprint density at radius 1 is 1.12 bits per heavy atom. The fourth-order valence-corrected chi connectivity index (χ4v) is 9.03. The molecule has 9 nitrogen and oxygen atoms in total. The predicted molar refractivity (Wildman–Crippen MR) is 147 cm³/mol. The number of fused-ring (bicyclic) bond motifs is 3. The maximum Gasteiger partial charge on any atom is 0.247 e. The number of nitrogens with zero attached hydrogens (tertiary/aromatic N) is 1. The van der Waals surface area contributed by atoms with Crippen LogP contribution in [-0.4, -0.2) is 77.1 Å². The van der Waals surface area contributed by atoms with Crippen molar-refractivity contribution < 1.29 is 34.4 Å². The van der Waals surface area contributed by atoms with Crippen LogP contribution in [0.2, 0.25) is 0 Å². The lowest BCUT2D eigenvalue weighted by atomic mass is 9.49. The summed E-state index contributed by atoms with van der Waals surface area (Å²) in [5.41, 5.74) is 1.72. The van der Waals surface area contributed by atoms with Crippen LogP contribution in [0.15, 0.2) is 23.8 Å². The van der Waals surface area contributed by atoms with Gasteiger partial charge in [-0.3, -0.25) is 9.59 Å². The van der Waals surface area contributed by atoms with E-state index >= 15 is 0 Å². The fraction of sp³-hybridized carbons (Fsp3) is 0.677. The van der Waals surface area contributed by atoms with Crippen LogP contribution in [0.5, 0.6) is 11.5 Å². The van der Waals surface area contributed by atoms with E-state index in [-0.39, 0.29) is 37.0 Å². The lowest BCUT2D eigenvalue weighted by Crippen LogP contribution is -2.59. The summed E-state index contributed by atoms with van der Waals surface area (Å²) in [6, 6.07) is 2.75. The molecular weight excluding hydrogens is 512 g/mol. The van der Waals surface area contributed by atoms with Crippen molar-refractivity contribution in [3.05, 3.63) is 34.9 Å². The first-order valence-electron chi connectivity index (χ1n) is 14.9. The number of carbonyl (C=O) groups is 2. The Hall–Kier alpha value is -2.62. The first-order valence-corrected chi connectivity index (χ1v) is 14.9. The number of aliphatic hydroxyl groups excluding tert-OH is 3. The lowest BCUT2D eigenvalue weighted by molar-refractivity contribution is -0.144. The average Bonchev–Trinajstić information content (AvgIpc) is 3.33. The van der Waals surface area contributed by atoms with Gasteiger partial charge < -0.3 is 35.0 Å². The minimum Gasteiger partial charge on any atom is -0.493 e. The van der Waals surface area contributed by atoms with Crippen LogP contribution >= 0.6 is 0 Å². The van der Waals surface area contributed by atoms with E-state index in [4.69, 9.17) is 9.47 Å². The first-order chi connectivity index (χ1) is 19.3. The second-order valence-corrected chi connectivity index (χ2v) is 12.8. The number of hydrogen-bond donors (Lipinski definition) is 4. The van der Waals surface area contributed by atoms with Gasteiger partial charge in [0.15, 0.2) is 11.5 Å². The van der Waals surface area contributed by atoms with E-state index in [9.17, 15) is 24.9 Å². The van der Waals surface area contributed by atoms with Gasteiger partial charge in [0.1, 0.15) is 12.2 Å². The molecule has 6 aliphatic rings. The van der Waals surface area contributed by atoms with Crippen molar-refractivity contribution in [2.75, 3.05) is 26.8 Å². The van der Waals surface area contributed by atoms with Crippen molar-refractivity contribution >= 4 is 11.8 Å². The van der Waals surface area contributed by atoms with Crippen molar-refractivity contribution in [2.45, 2.75) is 82.6 Å². The predicted octanol–water partition coefficient (Wildman–Crippen LogP) is 2.27. The smallest absolute Gasteiger partial charge is 0.247 e. The second-order valence-electron chi connectivity index (χ2n) is 12.8. The van der Waals surface area contributed by atoms with Gasteiger partial charge in [-0.15, -0.1) is 0 Å². The van der Waals surface area contributed by atoms with E-state index in [1.54, 1.807) is 18.2 Å². The Labute approximate surface area is 235 Å². The summed E-state index contributed by atoms with van der Waals surface area (Å²) >= 11 is 0. The Morgan fingerprint density at radius 2 is 1.80 bits per heavy atom. The average molecular weight is 555 g/mol. The molecule has 218 valence electrons. The van der Waals surface area contributed by atoms with E-state index in [1.165, 1.54) is 26.4 Å². The molecule has 2 amide bonds. The van der Waals surface area contributed by atoms with Crippen LogP contribution in [0.4, 0.5) is 0 Å². The Morgan fingerprint density at radius 3 is 2.38 bits per heavy atom. The molecule has 4 bridgehead atoms. The van der Waals surface area contributed by atoms with Crippen LogP contribution in [0, 0.1) is 23.2 Å². The molecule has 7 rings (SSSR count). The van der Waals surface area contributed by atoms with E-state index in [0.29, 0.717) is 41.2 Å². The molecule has 1 aromatic rings. The second kappa shape index (κ2) is 10.7. The summed E-state index contributed by atoms with van der Waals surface area (Å²) in [4.78, 5) is 28.9. The summed E-state index contributed by atoms with van der Waals surface area (Å²) in [7, 11) is 1.51. The third-order valence-corrected chi connectivity index (χ3v) is 10.1. The molecule has 5 aliphatic carbocycles. The van der Waals surface area contributed by atoms with Gasteiger partial charge in [0, 0.05) is 30.6 Å². The molecule has 0 radical (unpaired) electrons.